The van der Waals surface area contributed by atoms with Crippen LogP contribution in [0.5, 0.6) is 5.75 Å². The van der Waals surface area contributed by atoms with Gasteiger partial charge in [0.05, 0.1) is 0 Å². The first kappa shape index (κ1) is 20.5. The van der Waals surface area contributed by atoms with Crippen molar-refractivity contribution in [3.63, 3.8) is 0 Å². The normalized spacial score (nSPS) is 11.5. The molecule has 2 aromatic carbocycles. The minimum Gasteiger partial charge on any atom is -0.484 e. The van der Waals surface area contributed by atoms with Crippen LogP contribution in [0.1, 0.15) is 31.4 Å². The summed E-state index contributed by atoms with van der Waals surface area (Å²) in [5.41, 5.74) is 2.11. The van der Waals surface area contributed by atoms with Crippen LogP contribution >= 0.6 is 0 Å². The molecule has 0 spiro atoms. The number of hydrogen-bond donors (Lipinski definition) is 1. The lowest BCUT2D eigenvalue weighted by Gasteiger charge is -2.30. The Bertz CT molecular complexity index is 746. The first-order valence-corrected chi connectivity index (χ1v) is 9.35. The highest BCUT2D eigenvalue weighted by molar-refractivity contribution is 5.88. The molecule has 0 heterocycles. The fourth-order valence-corrected chi connectivity index (χ4v) is 2.96. The van der Waals surface area contributed by atoms with E-state index in [1.165, 1.54) is 0 Å². The van der Waals surface area contributed by atoms with E-state index in [9.17, 15) is 9.59 Å². The lowest BCUT2D eigenvalue weighted by atomic mass is 10.1. The summed E-state index contributed by atoms with van der Waals surface area (Å²) < 4.78 is 5.62. The van der Waals surface area contributed by atoms with Gasteiger partial charge in [-0.2, -0.15) is 0 Å². The van der Waals surface area contributed by atoms with E-state index >= 15 is 0 Å². The van der Waals surface area contributed by atoms with Crippen LogP contribution in [-0.4, -0.2) is 35.9 Å². The Balaban J connectivity index is 2.18. The first-order chi connectivity index (χ1) is 13.0. The maximum Gasteiger partial charge on any atom is 0.261 e. The summed E-state index contributed by atoms with van der Waals surface area (Å²) in [4.78, 5) is 27.1. The number of likely N-dealkylation sites (N-methyl/N-ethyl adjacent to an activating group) is 1. The molecule has 1 atom stereocenters. The summed E-state index contributed by atoms with van der Waals surface area (Å²) in [7, 11) is 0. The molecule has 2 amide bonds. The Labute approximate surface area is 161 Å². The van der Waals surface area contributed by atoms with Crippen LogP contribution < -0.4 is 10.1 Å². The van der Waals surface area contributed by atoms with Crippen LogP contribution in [0.4, 0.5) is 0 Å². The summed E-state index contributed by atoms with van der Waals surface area (Å²) in [6, 6.07) is 16.6. The molecule has 0 radical (unpaired) electrons. The second-order valence-electron chi connectivity index (χ2n) is 6.43. The van der Waals surface area contributed by atoms with Gasteiger partial charge in [0.1, 0.15) is 11.8 Å². The Kier molecular flexibility index (Phi) is 7.86. The van der Waals surface area contributed by atoms with Crippen molar-refractivity contribution < 1.29 is 14.3 Å². The molecule has 5 heteroatoms. The van der Waals surface area contributed by atoms with Crippen molar-refractivity contribution in [2.75, 3.05) is 13.2 Å². The quantitative estimate of drug-likeness (QED) is 0.739. The van der Waals surface area contributed by atoms with Gasteiger partial charge in [0.15, 0.2) is 6.61 Å². The number of benzene rings is 2. The van der Waals surface area contributed by atoms with Gasteiger partial charge in [-0.3, -0.25) is 9.59 Å². The summed E-state index contributed by atoms with van der Waals surface area (Å²) >= 11 is 0. The fraction of sp³-hybridized carbons (Fsp3) is 0.364. The number of nitrogens with zero attached hydrogens (tertiary/aromatic N) is 1. The number of ether oxygens (including phenoxy) is 1. The molecule has 0 bridgehead atoms. The molecule has 144 valence electrons. The number of hydrogen-bond acceptors (Lipinski definition) is 3. The number of nitrogens with one attached hydrogen (secondary N) is 1. The van der Waals surface area contributed by atoms with Crippen LogP contribution in [0, 0.1) is 6.92 Å². The Hall–Kier alpha value is -2.82. The molecule has 0 aromatic heterocycles. The van der Waals surface area contributed by atoms with Crippen molar-refractivity contribution in [1.82, 2.24) is 10.2 Å². The molecular weight excluding hydrogens is 340 g/mol. The molecule has 1 unspecified atom stereocenters. The predicted octanol–water partition coefficient (Wildman–Crippen LogP) is 3.32. The maximum absolute atomic E-state index is 12.9. The van der Waals surface area contributed by atoms with Crippen LogP contribution in [0.25, 0.3) is 0 Å². The molecular formula is C22H28N2O3. The third-order valence-corrected chi connectivity index (χ3v) is 4.28. The summed E-state index contributed by atoms with van der Waals surface area (Å²) in [6.45, 7) is 6.59. The van der Waals surface area contributed by atoms with E-state index in [1.807, 2.05) is 63.2 Å². The highest BCUT2D eigenvalue weighted by Crippen LogP contribution is 2.15. The topological polar surface area (TPSA) is 58.6 Å². The summed E-state index contributed by atoms with van der Waals surface area (Å²) in [5.74, 6) is 0.284. The van der Waals surface area contributed by atoms with E-state index in [0.717, 1.165) is 11.1 Å². The third kappa shape index (κ3) is 6.13. The summed E-state index contributed by atoms with van der Waals surface area (Å²) in [5, 5.41) is 2.83. The highest BCUT2D eigenvalue weighted by atomic mass is 16.5. The number of carbonyl (C=O) groups is 2. The van der Waals surface area contributed by atoms with E-state index in [1.54, 1.807) is 17.0 Å². The molecule has 0 saturated heterocycles. The lowest BCUT2D eigenvalue weighted by Crippen LogP contribution is -2.50. The zero-order chi connectivity index (χ0) is 19.6. The van der Waals surface area contributed by atoms with Crippen LogP contribution in [0.2, 0.25) is 0 Å². The monoisotopic (exact) mass is 368 g/mol. The minimum absolute atomic E-state index is 0.105. The van der Waals surface area contributed by atoms with Gasteiger partial charge < -0.3 is 15.0 Å². The van der Waals surface area contributed by atoms with Crippen molar-refractivity contribution >= 4 is 11.8 Å². The maximum atomic E-state index is 12.9. The van der Waals surface area contributed by atoms with E-state index in [4.69, 9.17) is 4.74 Å². The van der Waals surface area contributed by atoms with Gasteiger partial charge in [-0.25, -0.2) is 0 Å². The van der Waals surface area contributed by atoms with Crippen molar-refractivity contribution in [3.05, 3.63) is 65.7 Å². The lowest BCUT2D eigenvalue weighted by molar-refractivity contribution is -0.142. The minimum atomic E-state index is -0.530. The van der Waals surface area contributed by atoms with Crippen LogP contribution in [0.15, 0.2) is 54.6 Å². The smallest absolute Gasteiger partial charge is 0.261 e. The van der Waals surface area contributed by atoms with Gasteiger partial charge in [-0.1, -0.05) is 55.0 Å². The molecule has 0 saturated carbocycles. The van der Waals surface area contributed by atoms with Gasteiger partial charge in [0.25, 0.3) is 5.91 Å². The van der Waals surface area contributed by atoms with Crippen molar-refractivity contribution in [3.8, 4) is 5.75 Å². The SMILES string of the molecule is CCNC(=O)C(CC)N(Cc1cccc(C)c1)C(=O)COc1ccccc1. The third-order valence-electron chi connectivity index (χ3n) is 4.28. The molecule has 2 rings (SSSR count). The number of para-hydroxylation sites is 1. The predicted molar refractivity (Wildman–Crippen MR) is 106 cm³/mol. The van der Waals surface area contributed by atoms with Crippen molar-refractivity contribution in [2.45, 2.75) is 39.8 Å². The molecule has 0 fully saturated rings. The first-order valence-electron chi connectivity index (χ1n) is 9.35. The van der Waals surface area contributed by atoms with Gasteiger partial charge in [-0.15, -0.1) is 0 Å². The van der Waals surface area contributed by atoms with Crippen LogP contribution in [-0.2, 0) is 16.1 Å². The van der Waals surface area contributed by atoms with Gasteiger partial charge >= 0.3 is 0 Å². The van der Waals surface area contributed by atoms with Gasteiger partial charge in [-0.05, 0) is 38.0 Å². The Morgan fingerprint density at radius 2 is 1.81 bits per heavy atom. The van der Waals surface area contributed by atoms with Gasteiger partial charge in [0, 0.05) is 13.1 Å². The fourth-order valence-electron chi connectivity index (χ4n) is 2.96. The highest BCUT2D eigenvalue weighted by Gasteiger charge is 2.28. The van der Waals surface area contributed by atoms with E-state index in [0.29, 0.717) is 25.3 Å². The Morgan fingerprint density at radius 1 is 1.07 bits per heavy atom. The zero-order valence-electron chi connectivity index (χ0n) is 16.3. The second-order valence-corrected chi connectivity index (χ2v) is 6.43. The zero-order valence-corrected chi connectivity index (χ0v) is 16.3. The van der Waals surface area contributed by atoms with Crippen molar-refractivity contribution in [1.29, 1.82) is 0 Å². The van der Waals surface area contributed by atoms with Crippen LogP contribution in [0.3, 0.4) is 0 Å². The number of amides is 2. The molecule has 1 N–H and O–H groups in total. The van der Waals surface area contributed by atoms with E-state index < -0.39 is 6.04 Å². The largest absolute Gasteiger partial charge is 0.484 e. The number of aryl methyl sites for hydroxylation is 1. The molecule has 27 heavy (non-hydrogen) atoms. The average Bonchev–Trinajstić information content (AvgIpc) is 2.67. The summed E-state index contributed by atoms with van der Waals surface area (Å²) in [6.07, 6.45) is 0.536. The van der Waals surface area contributed by atoms with Crippen molar-refractivity contribution in [2.24, 2.45) is 0 Å². The van der Waals surface area contributed by atoms with E-state index in [2.05, 4.69) is 5.32 Å². The molecule has 2 aromatic rings. The average molecular weight is 368 g/mol. The molecule has 0 aliphatic heterocycles. The number of rotatable bonds is 9. The van der Waals surface area contributed by atoms with Gasteiger partial charge in [0.2, 0.25) is 5.91 Å². The molecule has 5 nitrogen and oxygen atoms in total. The Morgan fingerprint density at radius 3 is 2.44 bits per heavy atom. The second kappa shape index (κ2) is 10.4. The molecule has 0 aliphatic carbocycles. The number of carbonyl (C=O) groups excluding carboxylic acids is 2. The molecule has 0 aliphatic rings. The van der Waals surface area contributed by atoms with E-state index in [-0.39, 0.29) is 18.4 Å². The standard InChI is InChI=1S/C22H28N2O3/c1-4-20(22(26)23-5-2)24(15-18-11-9-10-17(3)14-18)21(25)16-27-19-12-7-6-8-13-19/h6-14,20H,4-5,15-16H2,1-3H3,(H,23,26).